The SMILES string of the molecule is CC1C(=NC2CCCC2)c2c(ccn(CC(O)CO)c2=O)CC(Nc2cnccn2)C1C. The first kappa shape index (κ1) is 22.6. The van der Waals surface area contributed by atoms with E-state index in [-0.39, 0.29) is 42.6 Å². The smallest absolute Gasteiger partial charge is 0.260 e. The first-order valence-electron chi connectivity index (χ1n) is 11.6. The molecule has 4 atom stereocenters. The molecule has 0 aromatic carbocycles. The Morgan fingerprint density at radius 2 is 2.06 bits per heavy atom. The number of nitrogens with zero attached hydrogens (tertiary/aromatic N) is 4. The third-order valence-corrected chi connectivity index (χ3v) is 6.96. The van der Waals surface area contributed by atoms with E-state index >= 15 is 0 Å². The Morgan fingerprint density at radius 1 is 1.28 bits per heavy atom. The Bertz CT molecular complexity index is 1000. The molecule has 0 saturated heterocycles. The Kier molecular flexibility index (Phi) is 7.01. The first-order chi connectivity index (χ1) is 15.5. The van der Waals surface area contributed by atoms with Gasteiger partial charge in [0.1, 0.15) is 5.82 Å². The molecule has 1 saturated carbocycles. The molecule has 2 heterocycles. The van der Waals surface area contributed by atoms with Crippen molar-refractivity contribution in [3.05, 3.63) is 52.3 Å². The Balaban J connectivity index is 1.78. The summed E-state index contributed by atoms with van der Waals surface area (Å²) in [5, 5.41) is 22.7. The zero-order valence-corrected chi connectivity index (χ0v) is 18.8. The molecule has 8 heteroatoms. The second-order valence-corrected chi connectivity index (χ2v) is 9.16. The van der Waals surface area contributed by atoms with Crippen LogP contribution in [-0.4, -0.2) is 55.3 Å². The highest BCUT2D eigenvalue weighted by molar-refractivity contribution is 6.03. The highest BCUT2D eigenvalue weighted by atomic mass is 16.3. The van der Waals surface area contributed by atoms with E-state index in [4.69, 9.17) is 4.99 Å². The van der Waals surface area contributed by atoms with Gasteiger partial charge in [-0.05, 0) is 36.8 Å². The van der Waals surface area contributed by atoms with Gasteiger partial charge in [0, 0.05) is 30.6 Å². The maximum absolute atomic E-state index is 13.6. The fourth-order valence-corrected chi connectivity index (χ4v) is 4.89. The molecule has 8 nitrogen and oxygen atoms in total. The quantitative estimate of drug-likeness (QED) is 0.594. The van der Waals surface area contributed by atoms with E-state index in [9.17, 15) is 15.0 Å². The lowest BCUT2D eigenvalue weighted by Gasteiger charge is -2.28. The van der Waals surface area contributed by atoms with Gasteiger partial charge in [0.2, 0.25) is 0 Å². The van der Waals surface area contributed by atoms with Gasteiger partial charge in [0.05, 0.1) is 42.8 Å². The van der Waals surface area contributed by atoms with Crippen molar-refractivity contribution in [3.63, 3.8) is 0 Å². The van der Waals surface area contributed by atoms with Crippen LogP contribution in [0.1, 0.15) is 50.7 Å². The van der Waals surface area contributed by atoms with E-state index in [0.29, 0.717) is 17.8 Å². The zero-order chi connectivity index (χ0) is 22.7. The predicted molar refractivity (Wildman–Crippen MR) is 124 cm³/mol. The summed E-state index contributed by atoms with van der Waals surface area (Å²) in [4.78, 5) is 27.2. The van der Waals surface area contributed by atoms with Gasteiger partial charge in [-0.2, -0.15) is 0 Å². The number of aliphatic imine (C=N–C) groups is 1. The van der Waals surface area contributed by atoms with E-state index in [1.807, 2.05) is 6.07 Å². The van der Waals surface area contributed by atoms with E-state index in [2.05, 4.69) is 29.1 Å². The van der Waals surface area contributed by atoms with E-state index < -0.39 is 6.10 Å². The highest BCUT2D eigenvalue weighted by Crippen LogP contribution is 2.32. The van der Waals surface area contributed by atoms with Crippen LogP contribution < -0.4 is 10.9 Å². The number of fused-ring (bicyclic) bond motifs is 1. The maximum atomic E-state index is 13.6. The van der Waals surface area contributed by atoms with Crippen molar-refractivity contribution in [2.75, 3.05) is 11.9 Å². The molecule has 4 rings (SSSR count). The lowest BCUT2D eigenvalue weighted by molar-refractivity contribution is 0.0803. The summed E-state index contributed by atoms with van der Waals surface area (Å²) < 4.78 is 1.50. The second-order valence-electron chi connectivity index (χ2n) is 9.16. The van der Waals surface area contributed by atoms with Crippen LogP contribution in [-0.2, 0) is 13.0 Å². The fourth-order valence-electron chi connectivity index (χ4n) is 4.89. The molecular formula is C24H33N5O3. The van der Waals surface area contributed by atoms with Crippen LogP contribution in [0.25, 0.3) is 0 Å². The molecule has 0 radical (unpaired) electrons. The van der Waals surface area contributed by atoms with Crippen LogP contribution >= 0.6 is 0 Å². The van der Waals surface area contributed by atoms with Gasteiger partial charge in [-0.3, -0.25) is 14.8 Å². The number of hydrogen-bond donors (Lipinski definition) is 3. The van der Waals surface area contributed by atoms with Gasteiger partial charge in [-0.15, -0.1) is 0 Å². The lowest BCUT2D eigenvalue weighted by Crippen LogP contribution is -2.36. The zero-order valence-electron chi connectivity index (χ0n) is 18.8. The first-order valence-corrected chi connectivity index (χ1v) is 11.6. The monoisotopic (exact) mass is 439 g/mol. The van der Waals surface area contributed by atoms with Crippen molar-refractivity contribution in [2.24, 2.45) is 16.8 Å². The van der Waals surface area contributed by atoms with Crippen molar-refractivity contribution < 1.29 is 10.2 Å². The van der Waals surface area contributed by atoms with Crippen LogP contribution in [0.5, 0.6) is 0 Å². The van der Waals surface area contributed by atoms with Gasteiger partial charge in [-0.25, -0.2) is 4.98 Å². The molecule has 172 valence electrons. The summed E-state index contributed by atoms with van der Waals surface area (Å²) in [5.74, 6) is 0.992. The molecule has 4 unspecified atom stereocenters. The lowest BCUT2D eigenvalue weighted by atomic mass is 9.85. The number of rotatable bonds is 6. The summed E-state index contributed by atoms with van der Waals surface area (Å²) in [7, 11) is 0. The number of pyridine rings is 1. The molecular weight excluding hydrogens is 406 g/mol. The van der Waals surface area contributed by atoms with Crippen LogP contribution in [0.2, 0.25) is 0 Å². The van der Waals surface area contributed by atoms with Crippen LogP contribution in [0.3, 0.4) is 0 Å². The maximum Gasteiger partial charge on any atom is 0.260 e. The third kappa shape index (κ3) is 4.76. The molecule has 3 N–H and O–H groups in total. The van der Waals surface area contributed by atoms with Crippen molar-refractivity contribution >= 4 is 11.5 Å². The van der Waals surface area contributed by atoms with Crippen LogP contribution in [0.15, 0.2) is 40.6 Å². The van der Waals surface area contributed by atoms with Gasteiger partial charge in [-0.1, -0.05) is 26.7 Å². The summed E-state index contributed by atoms with van der Waals surface area (Å²) >= 11 is 0. The van der Waals surface area contributed by atoms with Crippen molar-refractivity contribution in [1.29, 1.82) is 0 Å². The standard InChI is InChI=1S/C24H33N5O3/c1-15-16(2)23(27-18-5-3-4-6-18)22-17(7-10-29(24(22)32)13-19(31)14-30)11-20(15)28-21-12-25-8-9-26-21/h7-10,12,15-16,18-20,30-31H,3-6,11,13-14H2,1-2H3,(H,26,28). The minimum Gasteiger partial charge on any atom is -0.394 e. The van der Waals surface area contributed by atoms with Gasteiger partial charge in [0.15, 0.2) is 0 Å². The molecule has 32 heavy (non-hydrogen) atoms. The number of nitrogens with one attached hydrogen (secondary N) is 1. The predicted octanol–water partition coefficient (Wildman–Crippen LogP) is 2.03. The summed E-state index contributed by atoms with van der Waals surface area (Å²) in [6.45, 7) is 4.02. The number of anilines is 1. The molecule has 0 spiro atoms. The summed E-state index contributed by atoms with van der Waals surface area (Å²) in [6.07, 6.45) is 10.9. The van der Waals surface area contributed by atoms with Gasteiger partial charge < -0.3 is 20.1 Å². The average molecular weight is 440 g/mol. The van der Waals surface area contributed by atoms with Gasteiger partial charge in [0.25, 0.3) is 5.56 Å². The molecule has 2 aliphatic carbocycles. The number of hydrogen-bond acceptors (Lipinski definition) is 7. The Hall–Kier alpha value is -2.58. The molecule has 0 aliphatic heterocycles. The number of aliphatic hydroxyl groups excluding tert-OH is 2. The molecule has 2 aliphatic rings. The molecule has 0 amide bonds. The average Bonchev–Trinajstić information content (AvgIpc) is 3.29. The van der Waals surface area contributed by atoms with Crippen molar-refractivity contribution in [1.82, 2.24) is 14.5 Å². The minimum atomic E-state index is -0.978. The fraction of sp³-hybridized carbons (Fsp3) is 0.583. The van der Waals surface area contributed by atoms with Crippen molar-refractivity contribution in [2.45, 2.75) is 70.7 Å². The summed E-state index contributed by atoms with van der Waals surface area (Å²) in [5.41, 5.74) is 2.35. The Labute approximate surface area is 188 Å². The molecule has 2 aromatic heterocycles. The third-order valence-electron chi connectivity index (χ3n) is 6.96. The number of aliphatic hydroxyl groups is 2. The molecule has 0 bridgehead atoms. The van der Waals surface area contributed by atoms with E-state index in [1.165, 1.54) is 17.4 Å². The van der Waals surface area contributed by atoms with Crippen LogP contribution in [0, 0.1) is 11.8 Å². The number of aromatic nitrogens is 3. The van der Waals surface area contributed by atoms with Gasteiger partial charge >= 0.3 is 0 Å². The minimum absolute atomic E-state index is 0.0601. The largest absolute Gasteiger partial charge is 0.394 e. The summed E-state index contributed by atoms with van der Waals surface area (Å²) in [6, 6.07) is 2.28. The highest BCUT2D eigenvalue weighted by Gasteiger charge is 2.35. The second kappa shape index (κ2) is 9.92. The van der Waals surface area contributed by atoms with E-state index in [1.54, 1.807) is 24.8 Å². The van der Waals surface area contributed by atoms with Crippen LogP contribution in [0.4, 0.5) is 5.82 Å². The Morgan fingerprint density at radius 3 is 2.75 bits per heavy atom. The normalized spacial score (nSPS) is 26.0. The molecule has 1 fully saturated rings. The topological polar surface area (TPSA) is 113 Å². The molecule has 2 aromatic rings. The van der Waals surface area contributed by atoms with Crippen molar-refractivity contribution in [3.8, 4) is 0 Å². The van der Waals surface area contributed by atoms with E-state index in [0.717, 1.165) is 24.1 Å².